The maximum atomic E-state index is 5.91. The molecule has 0 aliphatic carbocycles. The van der Waals surface area contributed by atoms with Gasteiger partial charge in [0.15, 0.2) is 5.58 Å². The van der Waals surface area contributed by atoms with Gasteiger partial charge in [0.2, 0.25) is 5.89 Å². The number of hydrogen-bond donors (Lipinski definition) is 0. The summed E-state index contributed by atoms with van der Waals surface area (Å²) in [7, 11) is 0. The smallest absolute Gasteiger partial charge is 0.228 e. The van der Waals surface area contributed by atoms with Gasteiger partial charge in [-0.25, -0.2) is 4.98 Å². The molecule has 0 saturated carbocycles. The zero-order valence-electron chi connectivity index (χ0n) is 11.4. The highest BCUT2D eigenvalue weighted by molar-refractivity contribution is 7.99. The Morgan fingerprint density at radius 1 is 1.15 bits per heavy atom. The number of aromatic nitrogens is 1. The number of hydrogen-bond acceptors (Lipinski definition) is 4. The molecule has 0 bridgehead atoms. The van der Waals surface area contributed by atoms with Crippen LogP contribution in [0.4, 0.5) is 0 Å². The fourth-order valence-electron chi connectivity index (χ4n) is 2.07. The van der Waals surface area contributed by atoms with E-state index in [0.29, 0.717) is 5.89 Å². The summed E-state index contributed by atoms with van der Waals surface area (Å²) >= 11 is 3.52. The third kappa shape index (κ3) is 2.58. The van der Waals surface area contributed by atoms with Crippen LogP contribution in [0, 0.1) is 0 Å². The molecule has 0 aliphatic rings. The second-order valence-corrected chi connectivity index (χ2v) is 6.47. The molecule has 102 valence electrons. The zero-order chi connectivity index (χ0) is 13.9. The number of benzene rings is 2. The molecule has 0 fully saturated rings. The van der Waals surface area contributed by atoms with Crippen molar-refractivity contribution in [2.45, 2.75) is 16.7 Å². The molecule has 20 heavy (non-hydrogen) atoms. The molecule has 0 radical (unpaired) electrons. The number of nitrogens with zero attached hydrogens (tertiary/aromatic N) is 1. The summed E-state index contributed by atoms with van der Waals surface area (Å²) in [6.45, 7) is 2.15. The Balaban J connectivity index is 2.10. The summed E-state index contributed by atoms with van der Waals surface area (Å²) in [5.74, 6) is 1.74. The van der Waals surface area contributed by atoms with Gasteiger partial charge in [-0.1, -0.05) is 19.1 Å². The zero-order valence-corrected chi connectivity index (χ0v) is 13.1. The molecule has 3 aromatic rings. The van der Waals surface area contributed by atoms with E-state index in [0.717, 1.165) is 22.4 Å². The summed E-state index contributed by atoms with van der Waals surface area (Å²) in [4.78, 5) is 7.06. The van der Waals surface area contributed by atoms with E-state index >= 15 is 0 Å². The van der Waals surface area contributed by atoms with Crippen LogP contribution in [0.3, 0.4) is 0 Å². The molecular formula is C16H15NOS2. The molecule has 4 heteroatoms. The second-order valence-electron chi connectivity index (χ2n) is 4.28. The molecule has 0 amide bonds. The van der Waals surface area contributed by atoms with Crippen LogP contribution in [0.25, 0.3) is 22.6 Å². The minimum Gasteiger partial charge on any atom is -0.436 e. The van der Waals surface area contributed by atoms with E-state index in [1.54, 1.807) is 11.8 Å². The van der Waals surface area contributed by atoms with Gasteiger partial charge in [0.05, 0.1) is 5.56 Å². The summed E-state index contributed by atoms with van der Waals surface area (Å²) in [6.07, 6.45) is 2.06. The minimum atomic E-state index is 0.704. The Morgan fingerprint density at radius 2 is 2.00 bits per heavy atom. The van der Waals surface area contributed by atoms with Crippen LogP contribution in [0.15, 0.2) is 56.7 Å². The van der Waals surface area contributed by atoms with Gasteiger partial charge in [-0.05, 0) is 42.3 Å². The quantitative estimate of drug-likeness (QED) is 0.608. The van der Waals surface area contributed by atoms with Crippen molar-refractivity contribution in [3.05, 3.63) is 42.5 Å². The van der Waals surface area contributed by atoms with Crippen molar-refractivity contribution in [2.75, 3.05) is 12.0 Å². The number of rotatable bonds is 4. The summed E-state index contributed by atoms with van der Waals surface area (Å²) in [6, 6.07) is 14.4. The lowest BCUT2D eigenvalue weighted by Gasteiger charge is -2.03. The average molecular weight is 301 g/mol. The van der Waals surface area contributed by atoms with Crippen molar-refractivity contribution < 1.29 is 4.42 Å². The second kappa shape index (κ2) is 5.94. The fraction of sp³-hybridized carbons (Fsp3) is 0.188. The van der Waals surface area contributed by atoms with E-state index in [9.17, 15) is 0 Å². The first kappa shape index (κ1) is 13.6. The molecule has 0 aliphatic heterocycles. The van der Waals surface area contributed by atoms with Crippen LogP contribution in [0.1, 0.15) is 6.92 Å². The van der Waals surface area contributed by atoms with Crippen molar-refractivity contribution in [3.63, 3.8) is 0 Å². The van der Waals surface area contributed by atoms with Gasteiger partial charge in [0, 0.05) is 9.79 Å². The van der Waals surface area contributed by atoms with E-state index in [4.69, 9.17) is 4.42 Å². The molecule has 3 rings (SSSR count). The van der Waals surface area contributed by atoms with Crippen LogP contribution in [0.5, 0.6) is 0 Å². The highest BCUT2D eigenvalue weighted by Gasteiger charge is 2.12. The third-order valence-electron chi connectivity index (χ3n) is 3.01. The van der Waals surface area contributed by atoms with Gasteiger partial charge in [-0.15, -0.1) is 23.5 Å². The number of thioether (sulfide) groups is 2. The van der Waals surface area contributed by atoms with Crippen molar-refractivity contribution in [3.8, 4) is 11.5 Å². The molecule has 0 atom stereocenters. The van der Waals surface area contributed by atoms with E-state index < -0.39 is 0 Å². The van der Waals surface area contributed by atoms with E-state index in [1.807, 2.05) is 23.9 Å². The van der Waals surface area contributed by atoms with Crippen molar-refractivity contribution in [1.82, 2.24) is 4.98 Å². The van der Waals surface area contributed by atoms with Crippen LogP contribution in [-0.4, -0.2) is 17.0 Å². The molecule has 2 nitrogen and oxygen atoms in total. The number of fused-ring (bicyclic) bond motifs is 1. The Kier molecular flexibility index (Phi) is 4.03. The summed E-state index contributed by atoms with van der Waals surface area (Å²) < 4.78 is 5.91. The first-order valence-corrected chi connectivity index (χ1v) is 8.69. The minimum absolute atomic E-state index is 0.704. The number of oxazole rings is 1. The highest BCUT2D eigenvalue weighted by Crippen LogP contribution is 2.33. The average Bonchev–Trinajstić information content (AvgIpc) is 2.90. The van der Waals surface area contributed by atoms with Gasteiger partial charge in [0.1, 0.15) is 5.52 Å². The maximum Gasteiger partial charge on any atom is 0.228 e. The molecule has 0 saturated heterocycles. The Hall–Kier alpha value is -1.39. The van der Waals surface area contributed by atoms with E-state index in [2.05, 4.69) is 48.5 Å². The molecule has 0 unspecified atom stereocenters. The first-order chi connectivity index (χ1) is 9.81. The normalized spacial score (nSPS) is 11.1. The predicted molar refractivity (Wildman–Crippen MR) is 87.6 cm³/mol. The lowest BCUT2D eigenvalue weighted by atomic mass is 10.2. The molecular weight excluding hydrogens is 286 g/mol. The topological polar surface area (TPSA) is 26.0 Å². The Bertz CT molecular complexity index is 736. The van der Waals surface area contributed by atoms with Crippen molar-refractivity contribution in [1.29, 1.82) is 0 Å². The molecule has 0 spiro atoms. The Labute approximate surface area is 127 Å². The monoisotopic (exact) mass is 301 g/mol. The molecule has 1 heterocycles. The van der Waals surface area contributed by atoms with Crippen LogP contribution in [-0.2, 0) is 0 Å². The van der Waals surface area contributed by atoms with Crippen LogP contribution in [0.2, 0.25) is 0 Å². The van der Waals surface area contributed by atoms with Gasteiger partial charge in [-0.3, -0.25) is 0 Å². The predicted octanol–water partition coefficient (Wildman–Crippen LogP) is 5.33. The lowest BCUT2D eigenvalue weighted by Crippen LogP contribution is -1.82. The molecule has 0 N–H and O–H groups in total. The maximum absolute atomic E-state index is 5.91. The largest absolute Gasteiger partial charge is 0.436 e. The highest BCUT2D eigenvalue weighted by atomic mass is 32.2. The van der Waals surface area contributed by atoms with Crippen LogP contribution < -0.4 is 0 Å². The van der Waals surface area contributed by atoms with E-state index in [1.165, 1.54) is 9.79 Å². The summed E-state index contributed by atoms with van der Waals surface area (Å²) in [5, 5.41) is 0. The molecule has 2 aromatic carbocycles. The third-order valence-corrected chi connectivity index (χ3v) is 4.69. The van der Waals surface area contributed by atoms with Crippen molar-refractivity contribution in [2.24, 2.45) is 0 Å². The summed E-state index contributed by atoms with van der Waals surface area (Å²) in [5.41, 5.74) is 2.83. The van der Waals surface area contributed by atoms with Gasteiger partial charge >= 0.3 is 0 Å². The van der Waals surface area contributed by atoms with Gasteiger partial charge in [0.25, 0.3) is 0 Å². The SMILES string of the molecule is CCSc1ccccc1-c1nc2cc(SC)ccc2o1. The van der Waals surface area contributed by atoms with Gasteiger partial charge in [-0.2, -0.15) is 0 Å². The first-order valence-electron chi connectivity index (χ1n) is 6.48. The van der Waals surface area contributed by atoms with Crippen LogP contribution >= 0.6 is 23.5 Å². The molecule has 1 aromatic heterocycles. The fourth-order valence-corrected chi connectivity index (χ4v) is 3.30. The van der Waals surface area contributed by atoms with Gasteiger partial charge < -0.3 is 4.42 Å². The Morgan fingerprint density at radius 3 is 2.80 bits per heavy atom. The standard InChI is InChI=1S/C16H15NOS2/c1-3-20-15-7-5-4-6-12(15)16-17-13-10-11(19-2)8-9-14(13)18-16/h4-10H,3H2,1-2H3. The lowest BCUT2D eigenvalue weighted by molar-refractivity contribution is 0.618. The van der Waals surface area contributed by atoms with Crippen molar-refractivity contribution >= 4 is 34.6 Å². The van der Waals surface area contributed by atoms with E-state index in [-0.39, 0.29) is 0 Å².